The average molecular weight is 294 g/mol. The third kappa shape index (κ3) is 3.53. The number of carbonyl (C=O) groups excluding carboxylic acids is 1. The molecule has 0 heterocycles. The van der Waals surface area contributed by atoms with Crippen LogP contribution in [-0.2, 0) is 0 Å². The van der Waals surface area contributed by atoms with Crippen molar-refractivity contribution in [1.29, 1.82) is 0 Å². The van der Waals surface area contributed by atoms with Crippen LogP contribution in [0.15, 0.2) is 18.2 Å². The van der Waals surface area contributed by atoms with Crippen LogP contribution < -0.4 is 10.5 Å². The molecule has 21 heavy (non-hydrogen) atoms. The maximum absolute atomic E-state index is 13.5. The van der Waals surface area contributed by atoms with Crippen molar-refractivity contribution < 1.29 is 13.9 Å². The van der Waals surface area contributed by atoms with Gasteiger partial charge in [-0.15, -0.1) is 0 Å². The van der Waals surface area contributed by atoms with E-state index in [1.165, 1.54) is 25.3 Å². The van der Waals surface area contributed by atoms with Crippen LogP contribution in [0.5, 0.6) is 5.75 Å². The van der Waals surface area contributed by atoms with Gasteiger partial charge in [-0.3, -0.25) is 4.79 Å². The van der Waals surface area contributed by atoms with E-state index in [-0.39, 0.29) is 23.7 Å². The topological polar surface area (TPSA) is 55.6 Å². The predicted octanol–water partition coefficient (Wildman–Crippen LogP) is 2.57. The van der Waals surface area contributed by atoms with E-state index < -0.39 is 5.82 Å². The number of nitrogens with two attached hydrogens (primary N) is 1. The highest BCUT2D eigenvalue weighted by Crippen LogP contribution is 2.25. The molecule has 5 heteroatoms. The van der Waals surface area contributed by atoms with Crippen LogP contribution in [0.1, 0.15) is 43.0 Å². The van der Waals surface area contributed by atoms with E-state index in [0.29, 0.717) is 12.1 Å². The fourth-order valence-electron chi connectivity index (χ4n) is 2.94. The van der Waals surface area contributed by atoms with Crippen molar-refractivity contribution in [2.24, 2.45) is 5.73 Å². The molecule has 1 amide bonds. The van der Waals surface area contributed by atoms with Crippen molar-refractivity contribution in [2.75, 3.05) is 13.7 Å². The molecule has 0 aliphatic heterocycles. The number of halogens is 1. The summed E-state index contributed by atoms with van der Waals surface area (Å²) >= 11 is 0. The van der Waals surface area contributed by atoms with E-state index in [0.717, 1.165) is 25.7 Å². The van der Waals surface area contributed by atoms with Gasteiger partial charge in [0.15, 0.2) is 11.6 Å². The van der Waals surface area contributed by atoms with Gasteiger partial charge in [-0.2, -0.15) is 0 Å². The lowest BCUT2D eigenvalue weighted by Crippen LogP contribution is -2.44. The van der Waals surface area contributed by atoms with Crippen LogP contribution in [0.4, 0.5) is 4.39 Å². The second-order valence-electron chi connectivity index (χ2n) is 5.51. The molecule has 1 aliphatic rings. The average Bonchev–Trinajstić information content (AvgIpc) is 2.50. The lowest BCUT2D eigenvalue weighted by molar-refractivity contribution is 0.0640. The molecule has 1 aliphatic carbocycles. The van der Waals surface area contributed by atoms with Crippen LogP contribution >= 0.6 is 0 Å². The maximum atomic E-state index is 13.5. The summed E-state index contributed by atoms with van der Waals surface area (Å²) in [7, 11) is 1.40. The number of nitrogens with zero attached hydrogens (tertiary/aromatic N) is 1. The van der Waals surface area contributed by atoms with Crippen LogP contribution in [0, 0.1) is 5.82 Å². The minimum absolute atomic E-state index is 0.0729. The summed E-state index contributed by atoms with van der Waals surface area (Å²) in [6.07, 6.45) is 3.75. The highest BCUT2D eigenvalue weighted by atomic mass is 19.1. The van der Waals surface area contributed by atoms with Gasteiger partial charge in [0.2, 0.25) is 0 Å². The molecule has 0 atom stereocenters. The van der Waals surface area contributed by atoms with Gasteiger partial charge < -0.3 is 15.4 Å². The second-order valence-corrected chi connectivity index (χ2v) is 5.51. The van der Waals surface area contributed by atoms with Crippen molar-refractivity contribution in [3.8, 4) is 5.75 Å². The van der Waals surface area contributed by atoms with Gasteiger partial charge in [0, 0.05) is 24.2 Å². The van der Waals surface area contributed by atoms with E-state index in [1.54, 1.807) is 0 Å². The summed E-state index contributed by atoms with van der Waals surface area (Å²) in [6.45, 7) is 2.60. The zero-order valence-electron chi connectivity index (χ0n) is 12.6. The predicted molar refractivity (Wildman–Crippen MR) is 79.9 cm³/mol. The molecule has 0 spiro atoms. The van der Waals surface area contributed by atoms with Gasteiger partial charge in [0.05, 0.1) is 7.11 Å². The van der Waals surface area contributed by atoms with Gasteiger partial charge in [-0.05, 0) is 50.8 Å². The van der Waals surface area contributed by atoms with Gasteiger partial charge in [-0.1, -0.05) is 0 Å². The molecule has 0 unspecified atom stereocenters. The Kier molecular flexibility index (Phi) is 5.17. The zero-order valence-corrected chi connectivity index (χ0v) is 12.6. The number of hydrogen-bond donors (Lipinski definition) is 1. The first-order valence-corrected chi connectivity index (χ1v) is 7.46. The summed E-state index contributed by atoms with van der Waals surface area (Å²) in [5.41, 5.74) is 6.38. The van der Waals surface area contributed by atoms with Crippen molar-refractivity contribution in [1.82, 2.24) is 4.90 Å². The Bertz CT molecular complexity index is 499. The van der Waals surface area contributed by atoms with Crippen LogP contribution in [0.25, 0.3) is 0 Å². The van der Waals surface area contributed by atoms with Gasteiger partial charge in [0.1, 0.15) is 0 Å². The highest BCUT2D eigenvalue weighted by Gasteiger charge is 2.27. The molecule has 2 rings (SSSR count). The quantitative estimate of drug-likeness (QED) is 0.928. The monoisotopic (exact) mass is 294 g/mol. The molecule has 4 nitrogen and oxygen atoms in total. The van der Waals surface area contributed by atoms with Crippen molar-refractivity contribution in [3.05, 3.63) is 29.6 Å². The smallest absolute Gasteiger partial charge is 0.254 e. The van der Waals surface area contributed by atoms with E-state index >= 15 is 0 Å². The van der Waals surface area contributed by atoms with Crippen LogP contribution in [-0.4, -0.2) is 36.5 Å². The minimum atomic E-state index is -0.458. The number of rotatable bonds is 4. The third-order valence-electron chi connectivity index (χ3n) is 4.18. The fourth-order valence-corrected chi connectivity index (χ4v) is 2.94. The molecule has 0 saturated heterocycles. The molecular weight excluding hydrogens is 271 g/mol. The summed E-state index contributed by atoms with van der Waals surface area (Å²) in [5, 5.41) is 0. The first-order chi connectivity index (χ1) is 10.1. The third-order valence-corrected chi connectivity index (χ3v) is 4.18. The van der Waals surface area contributed by atoms with Gasteiger partial charge in [-0.25, -0.2) is 4.39 Å². The van der Waals surface area contributed by atoms with E-state index in [1.807, 2.05) is 11.8 Å². The molecular formula is C16H23FN2O2. The number of methoxy groups -OCH3 is 1. The SMILES string of the molecule is CCN(C(=O)c1ccc(F)c(OC)c1)C1CCC(N)CC1. The molecule has 0 bridgehead atoms. The number of carbonyl (C=O) groups is 1. The summed E-state index contributed by atoms with van der Waals surface area (Å²) in [4.78, 5) is 14.5. The fraction of sp³-hybridized carbons (Fsp3) is 0.562. The van der Waals surface area contributed by atoms with Gasteiger partial charge in [0.25, 0.3) is 5.91 Å². The molecule has 1 aromatic carbocycles. The van der Waals surface area contributed by atoms with E-state index in [9.17, 15) is 9.18 Å². The standard InChI is InChI=1S/C16H23FN2O2/c1-3-19(13-7-5-12(18)6-8-13)16(20)11-4-9-14(17)15(10-11)21-2/h4,9-10,12-13H,3,5-8,18H2,1-2H3. The molecule has 2 N–H and O–H groups in total. The Labute approximate surface area is 125 Å². The van der Waals surface area contributed by atoms with Crippen molar-refractivity contribution >= 4 is 5.91 Å². The van der Waals surface area contributed by atoms with Gasteiger partial charge >= 0.3 is 0 Å². The maximum Gasteiger partial charge on any atom is 0.254 e. The van der Waals surface area contributed by atoms with E-state index in [2.05, 4.69) is 0 Å². The minimum Gasteiger partial charge on any atom is -0.494 e. The Morgan fingerprint density at radius 2 is 2.05 bits per heavy atom. The number of benzene rings is 1. The van der Waals surface area contributed by atoms with E-state index in [4.69, 9.17) is 10.5 Å². The zero-order chi connectivity index (χ0) is 15.4. The number of amides is 1. The lowest BCUT2D eigenvalue weighted by atomic mass is 9.90. The van der Waals surface area contributed by atoms with Crippen LogP contribution in [0.3, 0.4) is 0 Å². The van der Waals surface area contributed by atoms with Crippen molar-refractivity contribution in [2.45, 2.75) is 44.7 Å². The molecule has 1 aromatic rings. The Hall–Kier alpha value is -1.62. The highest BCUT2D eigenvalue weighted by molar-refractivity contribution is 5.94. The number of hydrogen-bond acceptors (Lipinski definition) is 3. The Morgan fingerprint density at radius 1 is 1.38 bits per heavy atom. The molecule has 1 fully saturated rings. The van der Waals surface area contributed by atoms with Crippen molar-refractivity contribution in [3.63, 3.8) is 0 Å². The largest absolute Gasteiger partial charge is 0.494 e. The summed E-state index contributed by atoms with van der Waals surface area (Å²) < 4.78 is 18.4. The number of ether oxygens (including phenoxy) is 1. The first-order valence-electron chi connectivity index (χ1n) is 7.46. The lowest BCUT2D eigenvalue weighted by Gasteiger charge is -2.35. The normalized spacial score (nSPS) is 21.9. The molecule has 0 aromatic heterocycles. The molecule has 116 valence electrons. The summed E-state index contributed by atoms with van der Waals surface area (Å²) in [5.74, 6) is -0.431. The molecule has 1 saturated carbocycles. The van der Waals surface area contributed by atoms with Crippen LogP contribution in [0.2, 0.25) is 0 Å². The first kappa shape index (κ1) is 15.8. The summed E-state index contributed by atoms with van der Waals surface area (Å²) in [6, 6.07) is 4.72. The Balaban J connectivity index is 2.16. The second kappa shape index (κ2) is 6.89. The molecule has 0 radical (unpaired) electrons. The Morgan fingerprint density at radius 3 is 2.62 bits per heavy atom.